The molecule has 0 atom stereocenters. The summed E-state index contributed by atoms with van der Waals surface area (Å²) >= 11 is 0. The number of carboxylic acids is 1. The zero-order valence-electron chi connectivity index (χ0n) is 19.4. The summed E-state index contributed by atoms with van der Waals surface area (Å²) in [6, 6.07) is 18.4. The normalized spacial score (nSPS) is 10.7. The van der Waals surface area contributed by atoms with Crippen molar-refractivity contribution >= 4 is 40.9 Å². The fraction of sp³-hybridized carbons (Fsp3) is 0.154. The van der Waals surface area contributed by atoms with Gasteiger partial charge in [0.1, 0.15) is 5.60 Å². The predicted octanol–water partition coefficient (Wildman–Crippen LogP) is 5.24. The number of hydrogen-bond acceptors (Lipinski definition) is 5. The van der Waals surface area contributed by atoms with Gasteiger partial charge in [0.15, 0.2) is 0 Å². The average molecular weight is 476 g/mol. The smallest absolute Gasteiger partial charge is 0.412 e. The molecular formula is C26H25N3O6. The van der Waals surface area contributed by atoms with Crippen LogP contribution in [0.4, 0.5) is 21.9 Å². The van der Waals surface area contributed by atoms with Crippen LogP contribution in [-0.2, 0) is 4.74 Å². The quantitative estimate of drug-likeness (QED) is 0.385. The van der Waals surface area contributed by atoms with E-state index in [0.717, 1.165) is 0 Å². The molecule has 3 rings (SSSR count). The minimum absolute atomic E-state index is 0.122. The van der Waals surface area contributed by atoms with Crippen molar-refractivity contribution < 1.29 is 29.0 Å². The van der Waals surface area contributed by atoms with Crippen LogP contribution < -0.4 is 16.0 Å². The zero-order chi connectivity index (χ0) is 25.6. The number of aromatic carboxylic acids is 1. The van der Waals surface area contributed by atoms with Gasteiger partial charge >= 0.3 is 12.1 Å². The predicted molar refractivity (Wildman–Crippen MR) is 132 cm³/mol. The third-order valence-corrected chi connectivity index (χ3v) is 4.59. The van der Waals surface area contributed by atoms with Gasteiger partial charge in [-0.25, -0.2) is 9.59 Å². The summed E-state index contributed by atoms with van der Waals surface area (Å²) in [6.45, 7) is 5.29. The van der Waals surface area contributed by atoms with E-state index in [0.29, 0.717) is 28.2 Å². The highest BCUT2D eigenvalue weighted by Crippen LogP contribution is 2.17. The lowest BCUT2D eigenvalue weighted by Gasteiger charge is -2.19. The summed E-state index contributed by atoms with van der Waals surface area (Å²) in [4.78, 5) is 47.7. The number of ether oxygens (including phenoxy) is 1. The molecule has 0 saturated carbocycles. The standard InChI is InChI=1S/C26H25N3O6/c1-26(2,3)35-25(34)29-21-12-6-17(7-13-21)23(31)27-19-10-4-16(5-11-19)22(30)28-20-14-8-18(9-15-20)24(32)33/h4-15H,1-3H3,(H,27,31)(H,28,30)(H,29,34)(H,32,33). The highest BCUT2D eigenvalue weighted by atomic mass is 16.6. The van der Waals surface area contributed by atoms with Crippen molar-refractivity contribution in [2.75, 3.05) is 16.0 Å². The van der Waals surface area contributed by atoms with Crippen molar-refractivity contribution in [3.8, 4) is 0 Å². The number of nitrogens with one attached hydrogen (secondary N) is 3. The SMILES string of the molecule is CC(C)(C)OC(=O)Nc1ccc(C(=O)Nc2ccc(C(=O)Nc3ccc(C(=O)O)cc3)cc2)cc1. The Hall–Kier alpha value is -4.66. The van der Waals surface area contributed by atoms with E-state index < -0.39 is 17.7 Å². The van der Waals surface area contributed by atoms with E-state index in [1.54, 1.807) is 69.3 Å². The Labute approximate surface area is 202 Å². The number of anilines is 3. The number of carbonyl (C=O) groups excluding carboxylic acids is 3. The van der Waals surface area contributed by atoms with Gasteiger partial charge in [0.05, 0.1) is 5.56 Å². The summed E-state index contributed by atoms with van der Waals surface area (Å²) in [5.41, 5.74) is 1.69. The van der Waals surface area contributed by atoms with Crippen LogP contribution in [0, 0.1) is 0 Å². The lowest BCUT2D eigenvalue weighted by Crippen LogP contribution is -2.27. The minimum atomic E-state index is -1.05. The van der Waals surface area contributed by atoms with Crippen LogP contribution >= 0.6 is 0 Å². The van der Waals surface area contributed by atoms with E-state index in [2.05, 4.69) is 16.0 Å². The van der Waals surface area contributed by atoms with Gasteiger partial charge in [-0.3, -0.25) is 14.9 Å². The molecule has 0 unspecified atom stereocenters. The maximum Gasteiger partial charge on any atom is 0.412 e. The summed E-state index contributed by atoms with van der Waals surface area (Å²) in [6.07, 6.45) is -0.587. The van der Waals surface area contributed by atoms with Gasteiger partial charge in [0, 0.05) is 28.2 Å². The molecule has 4 N–H and O–H groups in total. The van der Waals surface area contributed by atoms with Crippen molar-refractivity contribution in [3.05, 3.63) is 89.5 Å². The molecule has 0 spiro atoms. The van der Waals surface area contributed by atoms with Crippen molar-refractivity contribution in [1.82, 2.24) is 0 Å². The van der Waals surface area contributed by atoms with Gasteiger partial charge in [0.2, 0.25) is 0 Å². The largest absolute Gasteiger partial charge is 0.478 e. The molecule has 3 aromatic carbocycles. The molecule has 35 heavy (non-hydrogen) atoms. The highest BCUT2D eigenvalue weighted by Gasteiger charge is 2.16. The second-order valence-corrected chi connectivity index (χ2v) is 8.57. The molecule has 0 bridgehead atoms. The summed E-state index contributed by atoms with van der Waals surface area (Å²) in [5, 5.41) is 17.0. The van der Waals surface area contributed by atoms with Crippen LogP contribution in [0.3, 0.4) is 0 Å². The second-order valence-electron chi connectivity index (χ2n) is 8.57. The molecule has 180 valence electrons. The van der Waals surface area contributed by atoms with E-state index in [1.165, 1.54) is 24.3 Å². The van der Waals surface area contributed by atoms with E-state index in [9.17, 15) is 19.2 Å². The molecule has 0 radical (unpaired) electrons. The Kier molecular flexibility index (Phi) is 7.50. The van der Waals surface area contributed by atoms with Crippen molar-refractivity contribution in [2.45, 2.75) is 26.4 Å². The molecule has 0 aromatic heterocycles. The van der Waals surface area contributed by atoms with Crippen LogP contribution in [-0.4, -0.2) is 34.6 Å². The Morgan fingerprint density at radius 3 is 1.29 bits per heavy atom. The Bertz CT molecular complexity index is 1230. The molecule has 0 aliphatic heterocycles. The van der Waals surface area contributed by atoms with Gasteiger partial charge < -0.3 is 20.5 Å². The first-order valence-electron chi connectivity index (χ1n) is 10.7. The maximum absolute atomic E-state index is 12.5. The molecule has 3 aromatic rings. The van der Waals surface area contributed by atoms with Crippen molar-refractivity contribution in [3.63, 3.8) is 0 Å². The van der Waals surface area contributed by atoms with Gasteiger partial charge in [-0.2, -0.15) is 0 Å². The van der Waals surface area contributed by atoms with Gasteiger partial charge in [-0.05, 0) is 93.6 Å². The molecule has 9 nitrogen and oxygen atoms in total. The molecule has 0 heterocycles. The Morgan fingerprint density at radius 1 is 0.600 bits per heavy atom. The van der Waals surface area contributed by atoms with Gasteiger partial charge in [-0.15, -0.1) is 0 Å². The summed E-state index contributed by atoms with van der Waals surface area (Å²) < 4.78 is 5.19. The maximum atomic E-state index is 12.5. The molecule has 0 aliphatic rings. The number of carboxylic acid groups (broad SMARTS) is 1. The molecule has 9 heteroatoms. The number of carbonyl (C=O) groups is 4. The van der Waals surface area contributed by atoms with E-state index in [1.807, 2.05) is 0 Å². The van der Waals surface area contributed by atoms with Crippen LogP contribution in [0.2, 0.25) is 0 Å². The lowest BCUT2D eigenvalue weighted by molar-refractivity contribution is 0.0633. The number of rotatable bonds is 6. The van der Waals surface area contributed by atoms with Gasteiger partial charge in [0.25, 0.3) is 11.8 Å². The van der Waals surface area contributed by atoms with Crippen LogP contribution in [0.25, 0.3) is 0 Å². The second kappa shape index (κ2) is 10.5. The van der Waals surface area contributed by atoms with Crippen LogP contribution in [0.15, 0.2) is 72.8 Å². The third-order valence-electron chi connectivity index (χ3n) is 4.59. The monoisotopic (exact) mass is 475 g/mol. The van der Waals surface area contributed by atoms with E-state index >= 15 is 0 Å². The molecule has 0 saturated heterocycles. The highest BCUT2D eigenvalue weighted by molar-refractivity contribution is 6.06. The first-order valence-corrected chi connectivity index (χ1v) is 10.7. The summed E-state index contributed by atoms with van der Waals surface area (Å²) in [5.74, 6) is -1.78. The lowest BCUT2D eigenvalue weighted by atomic mass is 10.1. The van der Waals surface area contributed by atoms with Gasteiger partial charge in [-0.1, -0.05) is 0 Å². The van der Waals surface area contributed by atoms with E-state index in [4.69, 9.17) is 9.84 Å². The Morgan fingerprint density at radius 2 is 0.943 bits per heavy atom. The number of benzene rings is 3. The average Bonchev–Trinajstić information content (AvgIpc) is 2.79. The van der Waals surface area contributed by atoms with Crippen LogP contribution in [0.1, 0.15) is 51.8 Å². The molecular weight excluding hydrogens is 450 g/mol. The number of amides is 3. The zero-order valence-corrected chi connectivity index (χ0v) is 19.4. The first-order chi connectivity index (χ1) is 16.5. The van der Waals surface area contributed by atoms with Crippen LogP contribution in [0.5, 0.6) is 0 Å². The minimum Gasteiger partial charge on any atom is -0.478 e. The molecule has 0 aliphatic carbocycles. The Balaban J connectivity index is 1.56. The molecule has 3 amide bonds. The van der Waals surface area contributed by atoms with Crippen molar-refractivity contribution in [2.24, 2.45) is 0 Å². The fourth-order valence-corrected chi connectivity index (χ4v) is 2.93. The number of hydrogen-bond donors (Lipinski definition) is 4. The molecule has 0 fully saturated rings. The first kappa shape index (κ1) is 25.0. The van der Waals surface area contributed by atoms with Crippen molar-refractivity contribution in [1.29, 1.82) is 0 Å². The van der Waals surface area contributed by atoms with E-state index in [-0.39, 0.29) is 17.4 Å². The third kappa shape index (κ3) is 7.43. The topological polar surface area (TPSA) is 134 Å². The fourth-order valence-electron chi connectivity index (χ4n) is 2.93. The summed E-state index contributed by atoms with van der Waals surface area (Å²) in [7, 11) is 0.